The number of hydrogen-bond acceptors (Lipinski definition) is 4. The number of likely N-dealkylation sites (N-methyl/N-ethyl adjacent to an activating group) is 1. The standard InChI is InChI=1S/C14H18ClNO3.2C2H6/c1-9-3-4-12(18)13(14(9)15)10-5-11(7-19-8-17)16(2)6-10;2*1-2/h3-4,8,10-11,18H,5-7H2,1-2H3;2*1-2H3. The van der Waals surface area contributed by atoms with Gasteiger partial charge >= 0.3 is 0 Å². The predicted molar refractivity (Wildman–Crippen MR) is 96.3 cm³/mol. The highest BCUT2D eigenvalue weighted by Crippen LogP contribution is 2.40. The van der Waals surface area contributed by atoms with Crippen molar-refractivity contribution in [2.24, 2.45) is 0 Å². The maximum atomic E-state index is 10.3. The largest absolute Gasteiger partial charge is 0.508 e. The maximum absolute atomic E-state index is 10.3. The zero-order valence-corrected chi connectivity index (χ0v) is 15.9. The monoisotopic (exact) mass is 343 g/mol. The van der Waals surface area contributed by atoms with Crippen LogP contribution in [-0.2, 0) is 9.53 Å². The van der Waals surface area contributed by atoms with E-state index in [2.05, 4.69) is 4.90 Å². The van der Waals surface area contributed by atoms with E-state index in [4.69, 9.17) is 16.3 Å². The number of ether oxygens (including phenoxy) is 1. The first-order valence-electron chi connectivity index (χ1n) is 8.28. The second-order valence-corrected chi connectivity index (χ2v) is 5.46. The van der Waals surface area contributed by atoms with Crippen LogP contribution in [-0.4, -0.2) is 42.7 Å². The molecule has 1 fully saturated rings. The Labute approximate surface area is 145 Å². The molecular formula is C18H30ClNO3. The summed E-state index contributed by atoms with van der Waals surface area (Å²) in [5, 5.41) is 10.7. The van der Waals surface area contributed by atoms with Crippen LogP contribution < -0.4 is 0 Å². The molecule has 5 heteroatoms. The molecule has 0 aliphatic carbocycles. The zero-order valence-electron chi connectivity index (χ0n) is 15.1. The molecule has 0 radical (unpaired) electrons. The number of carbonyl (C=O) groups excluding carboxylic acids is 1. The van der Waals surface area contributed by atoms with Crippen LogP contribution in [0.3, 0.4) is 0 Å². The lowest BCUT2D eigenvalue weighted by atomic mass is 9.94. The molecule has 0 aromatic heterocycles. The summed E-state index contributed by atoms with van der Waals surface area (Å²) >= 11 is 6.31. The normalized spacial score (nSPS) is 20.0. The van der Waals surface area contributed by atoms with Crippen molar-refractivity contribution in [1.82, 2.24) is 4.90 Å². The average Bonchev–Trinajstić information content (AvgIpc) is 2.94. The van der Waals surface area contributed by atoms with Gasteiger partial charge in [-0.2, -0.15) is 0 Å². The Kier molecular flexibility index (Phi) is 10.7. The number of rotatable bonds is 4. The second kappa shape index (κ2) is 11.3. The first-order chi connectivity index (χ1) is 11.0. The Morgan fingerprint density at radius 1 is 1.35 bits per heavy atom. The SMILES string of the molecule is CC.CC.Cc1ccc(O)c(C2CC(COC=O)N(C)C2)c1Cl. The van der Waals surface area contributed by atoms with Crippen molar-refractivity contribution in [1.29, 1.82) is 0 Å². The number of likely N-dealkylation sites (tertiary alicyclic amines) is 1. The number of benzene rings is 1. The number of nitrogens with zero attached hydrogens (tertiary/aromatic N) is 1. The minimum absolute atomic E-state index is 0.164. The van der Waals surface area contributed by atoms with Crippen LogP contribution in [0, 0.1) is 6.92 Å². The third kappa shape index (κ3) is 5.70. The molecule has 23 heavy (non-hydrogen) atoms. The molecule has 0 spiro atoms. The summed E-state index contributed by atoms with van der Waals surface area (Å²) in [6.45, 7) is 11.6. The van der Waals surface area contributed by atoms with Gasteiger partial charge in [0, 0.05) is 24.1 Å². The smallest absolute Gasteiger partial charge is 0.293 e. The highest BCUT2D eigenvalue weighted by atomic mass is 35.5. The van der Waals surface area contributed by atoms with E-state index in [0.29, 0.717) is 18.1 Å². The van der Waals surface area contributed by atoms with E-state index < -0.39 is 0 Å². The van der Waals surface area contributed by atoms with Crippen molar-refractivity contribution in [3.8, 4) is 5.75 Å². The molecule has 2 unspecified atom stereocenters. The quantitative estimate of drug-likeness (QED) is 0.825. The minimum Gasteiger partial charge on any atom is -0.508 e. The van der Waals surface area contributed by atoms with Gasteiger partial charge in [-0.05, 0) is 32.0 Å². The van der Waals surface area contributed by atoms with Gasteiger partial charge in [0.15, 0.2) is 0 Å². The maximum Gasteiger partial charge on any atom is 0.293 e. The van der Waals surface area contributed by atoms with Crippen LogP contribution >= 0.6 is 11.6 Å². The second-order valence-electron chi connectivity index (χ2n) is 5.08. The minimum atomic E-state index is 0.164. The fraction of sp³-hybridized carbons (Fsp3) is 0.611. The van der Waals surface area contributed by atoms with Crippen molar-refractivity contribution >= 4 is 18.1 Å². The fourth-order valence-electron chi connectivity index (χ4n) is 2.71. The Bertz CT molecular complexity index is 480. The van der Waals surface area contributed by atoms with E-state index in [-0.39, 0.29) is 17.7 Å². The van der Waals surface area contributed by atoms with Crippen molar-refractivity contribution in [3.05, 3.63) is 28.3 Å². The molecule has 2 atom stereocenters. The van der Waals surface area contributed by atoms with Gasteiger partial charge in [0.1, 0.15) is 12.4 Å². The van der Waals surface area contributed by atoms with Crippen LogP contribution in [0.15, 0.2) is 12.1 Å². The first kappa shape index (κ1) is 21.7. The highest BCUT2D eigenvalue weighted by molar-refractivity contribution is 6.32. The Morgan fingerprint density at radius 2 is 1.96 bits per heavy atom. The number of aryl methyl sites for hydroxylation is 1. The van der Waals surface area contributed by atoms with Crippen LogP contribution in [0.5, 0.6) is 5.75 Å². The molecule has 132 valence electrons. The molecule has 0 amide bonds. The lowest BCUT2D eigenvalue weighted by Gasteiger charge is -2.17. The van der Waals surface area contributed by atoms with Gasteiger partial charge in [-0.1, -0.05) is 45.4 Å². The van der Waals surface area contributed by atoms with Gasteiger partial charge < -0.3 is 9.84 Å². The van der Waals surface area contributed by atoms with Gasteiger partial charge in [0.25, 0.3) is 6.47 Å². The number of carbonyl (C=O) groups is 1. The lowest BCUT2D eigenvalue weighted by Crippen LogP contribution is -2.29. The highest BCUT2D eigenvalue weighted by Gasteiger charge is 2.33. The van der Waals surface area contributed by atoms with E-state index in [9.17, 15) is 9.90 Å². The van der Waals surface area contributed by atoms with Crippen LogP contribution in [0.1, 0.15) is 51.2 Å². The molecule has 1 heterocycles. The van der Waals surface area contributed by atoms with E-state index in [1.165, 1.54) is 0 Å². The van der Waals surface area contributed by atoms with Crippen LogP contribution in [0.25, 0.3) is 0 Å². The van der Waals surface area contributed by atoms with E-state index in [1.54, 1.807) is 6.07 Å². The topological polar surface area (TPSA) is 49.8 Å². The molecular weight excluding hydrogens is 314 g/mol. The molecule has 1 aromatic rings. The van der Waals surface area contributed by atoms with Crippen LogP contribution in [0.4, 0.5) is 0 Å². The molecule has 1 saturated heterocycles. The van der Waals surface area contributed by atoms with E-state index >= 15 is 0 Å². The third-order valence-electron chi connectivity index (χ3n) is 3.80. The summed E-state index contributed by atoms with van der Waals surface area (Å²) in [7, 11) is 1.99. The van der Waals surface area contributed by atoms with Crippen molar-refractivity contribution in [2.45, 2.75) is 53.0 Å². The molecule has 0 saturated carbocycles. The summed E-state index contributed by atoms with van der Waals surface area (Å²) in [6, 6.07) is 3.67. The number of phenols is 1. The van der Waals surface area contributed by atoms with Crippen molar-refractivity contribution in [2.75, 3.05) is 20.2 Å². The van der Waals surface area contributed by atoms with Crippen molar-refractivity contribution < 1.29 is 14.6 Å². The third-order valence-corrected chi connectivity index (χ3v) is 4.30. The molecule has 2 rings (SSSR count). The molecule has 1 aromatic carbocycles. The summed E-state index contributed by atoms with van der Waals surface area (Å²) in [6.07, 6.45) is 0.821. The molecule has 0 bridgehead atoms. The molecule has 1 N–H and O–H groups in total. The van der Waals surface area contributed by atoms with Crippen molar-refractivity contribution in [3.63, 3.8) is 0 Å². The van der Waals surface area contributed by atoms with E-state index in [1.807, 2.05) is 47.7 Å². The first-order valence-corrected chi connectivity index (χ1v) is 8.65. The van der Waals surface area contributed by atoms with Gasteiger partial charge in [0.2, 0.25) is 0 Å². The summed E-state index contributed by atoms with van der Waals surface area (Å²) < 4.78 is 4.84. The Morgan fingerprint density at radius 3 is 2.52 bits per heavy atom. The van der Waals surface area contributed by atoms with Gasteiger partial charge in [-0.15, -0.1) is 0 Å². The summed E-state index contributed by atoms with van der Waals surface area (Å²) in [5.41, 5.74) is 1.77. The molecule has 1 aliphatic rings. The fourth-order valence-corrected chi connectivity index (χ4v) is 3.03. The lowest BCUT2D eigenvalue weighted by molar-refractivity contribution is -0.129. The Hall–Kier alpha value is -1.26. The average molecular weight is 344 g/mol. The number of aromatic hydroxyl groups is 1. The number of halogens is 1. The zero-order chi connectivity index (χ0) is 18.0. The summed E-state index contributed by atoms with van der Waals surface area (Å²) in [5.74, 6) is 0.406. The van der Waals surface area contributed by atoms with E-state index in [0.717, 1.165) is 24.1 Å². The number of hydrogen-bond donors (Lipinski definition) is 1. The Balaban J connectivity index is 0.00000112. The molecule has 1 aliphatic heterocycles. The van der Waals surface area contributed by atoms with Gasteiger partial charge in [-0.25, -0.2) is 0 Å². The van der Waals surface area contributed by atoms with Crippen LogP contribution in [0.2, 0.25) is 5.02 Å². The predicted octanol–water partition coefficient (Wildman–Crippen LogP) is 4.37. The van der Waals surface area contributed by atoms with Gasteiger partial charge in [-0.3, -0.25) is 9.69 Å². The number of phenolic OH excluding ortho intramolecular Hbond substituents is 1. The summed E-state index contributed by atoms with van der Waals surface area (Å²) in [4.78, 5) is 12.4. The molecule has 4 nitrogen and oxygen atoms in total. The van der Waals surface area contributed by atoms with Gasteiger partial charge in [0.05, 0.1) is 5.02 Å².